The molecule has 0 bridgehead atoms. The number of phenolic OH excluding ortho intramolecular Hbond substituents is 2. The number of hydrogen-bond acceptors (Lipinski definition) is 6. The van der Waals surface area contributed by atoms with Crippen LogP contribution in [0.4, 0.5) is 0 Å². The molecule has 3 rings (SSSR count). The van der Waals surface area contributed by atoms with Crippen molar-refractivity contribution in [3.63, 3.8) is 0 Å². The zero-order valence-corrected chi connectivity index (χ0v) is 13.0. The average molecular weight is 344 g/mol. The summed E-state index contributed by atoms with van der Waals surface area (Å²) in [5.41, 5.74) is 1.15. The smallest absolute Gasteiger partial charge is 0.328 e. The van der Waals surface area contributed by atoms with Gasteiger partial charge in [-0.05, 0) is 35.9 Å². The lowest BCUT2D eigenvalue weighted by Gasteiger charge is -2.33. The van der Waals surface area contributed by atoms with Gasteiger partial charge in [0, 0.05) is 11.6 Å². The van der Waals surface area contributed by atoms with E-state index in [1.54, 1.807) is 24.3 Å². The number of benzene rings is 2. The minimum atomic E-state index is -1.06. The van der Waals surface area contributed by atoms with E-state index in [1.165, 1.54) is 18.2 Å². The van der Waals surface area contributed by atoms with Gasteiger partial charge in [0.15, 0.2) is 35.2 Å². The molecule has 1 aliphatic rings. The Balaban J connectivity index is 1.91. The first-order valence-electron chi connectivity index (χ1n) is 7.49. The number of hydrogen-bond donors (Lipinski definition) is 4. The Bertz CT molecular complexity index is 828. The van der Waals surface area contributed by atoms with Gasteiger partial charge < -0.3 is 29.9 Å². The number of aromatic hydroxyl groups is 2. The first-order chi connectivity index (χ1) is 12.0. The highest BCUT2D eigenvalue weighted by molar-refractivity contribution is 5.85. The number of rotatable bonds is 4. The van der Waals surface area contributed by atoms with Crippen molar-refractivity contribution in [3.8, 4) is 23.0 Å². The van der Waals surface area contributed by atoms with Crippen LogP contribution < -0.4 is 9.47 Å². The summed E-state index contributed by atoms with van der Waals surface area (Å²) in [7, 11) is 0. The Morgan fingerprint density at radius 2 is 1.84 bits per heavy atom. The highest BCUT2D eigenvalue weighted by Gasteiger charge is 2.33. The van der Waals surface area contributed by atoms with E-state index in [-0.39, 0.29) is 18.1 Å². The van der Waals surface area contributed by atoms with E-state index >= 15 is 0 Å². The van der Waals surface area contributed by atoms with Crippen LogP contribution in [0, 0.1) is 0 Å². The van der Waals surface area contributed by atoms with Crippen molar-refractivity contribution < 1.29 is 34.7 Å². The molecule has 0 aliphatic carbocycles. The molecule has 25 heavy (non-hydrogen) atoms. The standard InChI is InChI=1S/C18H16O7/c19-9-16-18(11-3-4-12(20)13(21)8-11)25-14-5-1-10(2-6-17(22)23)7-15(14)24-16/h1-8,16,18-21H,9H2,(H,22,23)/t16-,18-/m1/s1. The molecule has 0 aromatic heterocycles. The number of aliphatic carboxylic acids is 1. The number of phenols is 2. The molecule has 7 heteroatoms. The van der Waals surface area contributed by atoms with Crippen LogP contribution in [-0.2, 0) is 4.79 Å². The Morgan fingerprint density at radius 3 is 2.52 bits per heavy atom. The molecule has 0 radical (unpaired) electrons. The van der Waals surface area contributed by atoms with Crippen molar-refractivity contribution >= 4 is 12.0 Å². The maximum atomic E-state index is 10.6. The second-order valence-corrected chi connectivity index (χ2v) is 5.50. The fourth-order valence-corrected chi connectivity index (χ4v) is 2.56. The molecule has 2 aromatic carbocycles. The third-order valence-corrected chi connectivity index (χ3v) is 3.76. The van der Waals surface area contributed by atoms with Crippen LogP contribution in [-0.4, -0.2) is 39.1 Å². The average Bonchev–Trinajstić information content (AvgIpc) is 2.61. The van der Waals surface area contributed by atoms with Gasteiger partial charge in [-0.25, -0.2) is 4.79 Å². The number of carbonyl (C=O) groups is 1. The molecule has 7 nitrogen and oxygen atoms in total. The zero-order chi connectivity index (χ0) is 18.0. The van der Waals surface area contributed by atoms with Crippen LogP contribution in [0.25, 0.3) is 6.08 Å². The fraction of sp³-hybridized carbons (Fsp3) is 0.167. The van der Waals surface area contributed by atoms with Gasteiger partial charge in [0.1, 0.15) is 0 Å². The monoisotopic (exact) mass is 344 g/mol. The van der Waals surface area contributed by atoms with Gasteiger partial charge in [0.2, 0.25) is 0 Å². The Hall–Kier alpha value is -3.19. The van der Waals surface area contributed by atoms with Crippen LogP contribution in [0.5, 0.6) is 23.0 Å². The molecule has 0 unspecified atom stereocenters. The summed E-state index contributed by atoms with van der Waals surface area (Å²) in [6, 6.07) is 9.17. The molecule has 0 saturated carbocycles. The van der Waals surface area contributed by atoms with Crippen LogP contribution in [0.1, 0.15) is 17.2 Å². The molecular weight excluding hydrogens is 328 g/mol. The molecule has 1 heterocycles. The lowest BCUT2D eigenvalue weighted by molar-refractivity contribution is -0.131. The third kappa shape index (κ3) is 3.51. The first-order valence-corrected chi connectivity index (χ1v) is 7.49. The molecule has 4 N–H and O–H groups in total. The largest absolute Gasteiger partial charge is 0.504 e. The van der Waals surface area contributed by atoms with Crippen molar-refractivity contribution in [1.82, 2.24) is 0 Å². The molecule has 0 spiro atoms. The number of fused-ring (bicyclic) bond motifs is 1. The molecule has 130 valence electrons. The van der Waals surface area contributed by atoms with Gasteiger partial charge in [0.25, 0.3) is 0 Å². The van der Waals surface area contributed by atoms with Crippen LogP contribution in [0.3, 0.4) is 0 Å². The van der Waals surface area contributed by atoms with Crippen molar-refractivity contribution in [2.75, 3.05) is 6.61 Å². The van der Waals surface area contributed by atoms with Crippen LogP contribution in [0.2, 0.25) is 0 Å². The summed E-state index contributed by atoms with van der Waals surface area (Å²) in [6.07, 6.45) is 1.03. The van der Waals surface area contributed by atoms with Gasteiger partial charge in [0.05, 0.1) is 6.61 Å². The Kier molecular flexibility index (Phi) is 4.49. The fourth-order valence-electron chi connectivity index (χ4n) is 2.56. The number of aliphatic hydroxyl groups is 1. The Morgan fingerprint density at radius 1 is 1.04 bits per heavy atom. The van der Waals surface area contributed by atoms with Crippen molar-refractivity contribution in [3.05, 3.63) is 53.6 Å². The molecule has 2 atom stereocenters. The van der Waals surface area contributed by atoms with Gasteiger partial charge in [-0.15, -0.1) is 0 Å². The molecule has 2 aromatic rings. The Labute approximate surface area is 143 Å². The molecule has 1 aliphatic heterocycles. The van der Waals surface area contributed by atoms with Crippen LogP contribution in [0.15, 0.2) is 42.5 Å². The van der Waals surface area contributed by atoms with Gasteiger partial charge in [-0.1, -0.05) is 12.1 Å². The SMILES string of the molecule is O=C(O)C=Cc1ccc2c(c1)O[C@H](CO)[C@@H](c1ccc(O)c(O)c1)O2. The minimum Gasteiger partial charge on any atom is -0.504 e. The molecule has 0 fully saturated rings. The lowest BCUT2D eigenvalue weighted by atomic mass is 10.0. The normalized spacial score (nSPS) is 19.1. The van der Waals surface area contributed by atoms with Gasteiger partial charge >= 0.3 is 5.97 Å². The summed E-state index contributed by atoms with van der Waals surface area (Å²) < 4.78 is 11.6. The zero-order valence-electron chi connectivity index (χ0n) is 13.0. The van der Waals surface area contributed by atoms with E-state index in [0.717, 1.165) is 6.08 Å². The topological polar surface area (TPSA) is 116 Å². The summed E-state index contributed by atoms with van der Waals surface area (Å²) in [6.45, 7) is -0.332. The highest BCUT2D eigenvalue weighted by atomic mass is 16.6. The van der Waals surface area contributed by atoms with Crippen LogP contribution >= 0.6 is 0 Å². The minimum absolute atomic E-state index is 0.253. The third-order valence-electron chi connectivity index (χ3n) is 3.76. The molecule has 0 amide bonds. The van der Waals surface area contributed by atoms with E-state index in [2.05, 4.69) is 0 Å². The van der Waals surface area contributed by atoms with E-state index in [4.69, 9.17) is 14.6 Å². The quantitative estimate of drug-likeness (QED) is 0.495. The maximum absolute atomic E-state index is 10.6. The predicted molar refractivity (Wildman–Crippen MR) is 87.8 cm³/mol. The van der Waals surface area contributed by atoms with E-state index in [9.17, 15) is 20.1 Å². The summed E-state index contributed by atoms with van der Waals surface area (Å²) >= 11 is 0. The first kappa shape index (κ1) is 16.7. The lowest BCUT2D eigenvalue weighted by Crippen LogP contribution is -2.36. The van der Waals surface area contributed by atoms with Crippen molar-refractivity contribution in [2.24, 2.45) is 0 Å². The number of carboxylic acids is 1. The van der Waals surface area contributed by atoms with E-state index in [1.807, 2.05) is 0 Å². The highest BCUT2D eigenvalue weighted by Crippen LogP contribution is 2.41. The van der Waals surface area contributed by atoms with E-state index in [0.29, 0.717) is 22.6 Å². The van der Waals surface area contributed by atoms with Gasteiger partial charge in [-0.3, -0.25) is 0 Å². The second-order valence-electron chi connectivity index (χ2n) is 5.50. The summed E-state index contributed by atoms with van der Waals surface area (Å²) in [5, 5.41) is 37.4. The predicted octanol–water partition coefficient (Wildman–Crippen LogP) is 2.07. The van der Waals surface area contributed by atoms with E-state index < -0.39 is 18.2 Å². The number of aliphatic hydroxyl groups excluding tert-OH is 1. The molecular formula is C18H16O7. The van der Waals surface area contributed by atoms with Crippen molar-refractivity contribution in [2.45, 2.75) is 12.2 Å². The van der Waals surface area contributed by atoms with Gasteiger partial charge in [-0.2, -0.15) is 0 Å². The summed E-state index contributed by atoms with van der Waals surface area (Å²) in [4.78, 5) is 10.6. The van der Waals surface area contributed by atoms with Crippen molar-refractivity contribution in [1.29, 1.82) is 0 Å². The maximum Gasteiger partial charge on any atom is 0.328 e. The molecule has 0 saturated heterocycles. The number of carboxylic acid groups (broad SMARTS) is 1. The second kappa shape index (κ2) is 6.74. The number of ether oxygens (including phenoxy) is 2. The summed E-state index contributed by atoms with van der Waals surface area (Å²) in [5.74, 6) is -0.801.